The summed E-state index contributed by atoms with van der Waals surface area (Å²) >= 11 is 7.42. The molecule has 0 atom stereocenters. The van der Waals surface area contributed by atoms with Crippen molar-refractivity contribution in [1.82, 2.24) is 0 Å². The van der Waals surface area contributed by atoms with Gasteiger partial charge in [-0.1, -0.05) is 17.7 Å². The molecule has 4 nitrogen and oxygen atoms in total. The Kier molecular flexibility index (Phi) is 4.29. The van der Waals surface area contributed by atoms with Gasteiger partial charge in [-0.15, -0.1) is 11.3 Å². The van der Waals surface area contributed by atoms with Crippen molar-refractivity contribution in [2.24, 2.45) is 0 Å². The van der Waals surface area contributed by atoms with Gasteiger partial charge < -0.3 is 15.2 Å². The SMILES string of the molecule is COc1cc(N)c(Cl)cc1C(=O)OCc1cccs1. The summed E-state index contributed by atoms with van der Waals surface area (Å²) in [6.07, 6.45) is 0. The maximum Gasteiger partial charge on any atom is 0.342 e. The van der Waals surface area contributed by atoms with E-state index >= 15 is 0 Å². The van der Waals surface area contributed by atoms with Crippen LogP contribution in [0.25, 0.3) is 0 Å². The molecule has 0 spiro atoms. The first-order valence-corrected chi connectivity index (χ1v) is 6.70. The third-order valence-corrected chi connectivity index (χ3v) is 3.64. The van der Waals surface area contributed by atoms with Crippen molar-refractivity contribution < 1.29 is 14.3 Å². The highest BCUT2D eigenvalue weighted by Crippen LogP contribution is 2.29. The highest BCUT2D eigenvalue weighted by atomic mass is 35.5. The van der Waals surface area contributed by atoms with Gasteiger partial charge in [-0.2, -0.15) is 0 Å². The Morgan fingerprint density at radius 3 is 2.89 bits per heavy atom. The van der Waals surface area contributed by atoms with Gasteiger partial charge in [-0.05, 0) is 17.5 Å². The smallest absolute Gasteiger partial charge is 0.342 e. The summed E-state index contributed by atoms with van der Waals surface area (Å²) in [5.41, 5.74) is 6.27. The third kappa shape index (κ3) is 3.19. The fourth-order valence-corrected chi connectivity index (χ4v) is 2.29. The second-order valence-electron chi connectivity index (χ2n) is 3.73. The fourth-order valence-electron chi connectivity index (χ4n) is 1.51. The van der Waals surface area contributed by atoms with E-state index in [1.54, 1.807) is 0 Å². The van der Waals surface area contributed by atoms with E-state index in [9.17, 15) is 4.79 Å². The van der Waals surface area contributed by atoms with Gasteiger partial charge in [0.2, 0.25) is 0 Å². The van der Waals surface area contributed by atoms with Crippen molar-refractivity contribution in [3.05, 3.63) is 45.1 Å². The quantitative estimate of drug-likeness (QED) is 0.694. The molecule has 0 aliphatic carbocycles. The molecule has 0 amide bonds. The first kappa shape index (κ1) is 13.7. The van der Waals surface area contributed by atoms with Crippen LogP contribution < -0.4 is 10.5 Å². The minimum atomic E-state index is -0.493. The number of halogens is 1. The third-order valence-electron chi connectivity index (χ3n) is 2.46. The predicted octanol–water partition coefficient (Wildman–Crippen LogP) is 3.35. The van der Waals surface area contributed by atoms with Crippen LogP contribution in [-0.2, 0) is 11.3 Å². The second-order valence-corrected chi connectivity index (χ2v) is 5.17. The number of hydrogen-bond acceptors (Lipinski definition) is 5. The van der Waals surface area contributed by atoms with Crippen LogP contribution >= 0.6 is 22.9 Å². The lowest BCUT2D eigenvalue weighted by Crippen LogP contribution is -2.07. The Balaban J connectivity index is 2.16. The molecule has 19 heavy (non-hydrogen) atoms. The Labute approximate surface area is 119 Å². The van der Waals surface area contributed by atoms with Crippen molar-refractivity contribution >= 4 is 34.6 Å². The second kappa shape index (κ2) is 5.95. The molecule has 0 bridgehead atoms. The standard InChI is InChI=1S/C13H12ClNO3S/c1-17-12-6-11(15)10(14)5-9(12)13(16)18-7-8-3-2-4-19-8/h2-6H,7,15H2,1H3. The Hall–Kier alpha value is -1.72. The van der Waals surface area contributed by atoms with Gasteiger partial charge in [0.25, 0.3) is 0 Å². The molecule has 0 fully saturated rings. The summed E-state index contributed by atoms with van der Waals surface area (Å²) < 4.78 is 10.3. The topological polar surface area (TPSA) is 61.5 Å². The zero-order valence-electron chi connectivity index (χ0n) is 10.2. The van der Waals surface area contributed by atoms with Gasteiger partial charge in [0.1, 0.15) is 17.9 Å². The number of nitrogen functional groups attached to an aromatic ring is 1. The molecule has 1 aromatic carbocycles. The average molecular weight is 298 g/mol. The first-order valence-electron chi connectivity index (χ1n) is 5.44. The normalized spacial score (nSPS) is 10.2. The van der Waals surface area contributed by atoms with Gasteiger partial charge in [0.15, 0.2) is 0 Å². The Morgan fingerprint density at radius 1 is 1.47 bits per heavy atom. The number of rotatable bonds is 4. The van der Waals surface area contributed by atoms with Crippen molar-refractivity contribution in [1.29, 1.82) is 0 Å². The zero-order chi connectivity index (χ0) is 13.8. The fraction of sp³-hybridized carbons (Fsp3) is 0.154. The summed E-state index contributed by atoms with van der Waals surface area (Å²) in [6, 6.07) is 6.75. The van der Waals surface area contributed by atoms with Gasteiger partial charge >= 0.3 is 5.97 Å². The summed E-state index contributed by atoms with van der Waals surface area (Å²) in [6.45, 7) is 0.224. The van der Waals surface area contributed by atoms with E-state index in [0.717, 1.165) is 4.88 Å². The number of thiophene rings is 1. The zero-order valence-corrected chi connectivity index (χ0v) is 11.8. The van der Waals surface area contributed by atoms with E-state index in [0.29, 0.717) is 16.5 Å². The molecule has 0 aliphatic heterocycles. The van der Waals surface area contributed by atoms with Gasteiger partial charge in [-0.3, -0.25) is 0 Å². The number of carbonyl (C=O) groups is 1. The molecule has 100 valence electrons. The van der Waals surface area contributed by atoms with Crippen LogP contribution in [0.2, 0.25) is 5.02 Å². The molecule has 0 unspecified atom stereocenters. The molecule has 1 heterocycles. The number of carbonyl (C=O) groups excluding carboxylic acids is 1. The van der Waals surface area contributed by atoms with Crippen LogP contribution in [0.15, 0.2) is 29.6 Å². The maximum atomic E-state index is 12.0. The van der Waals surface area contributed by atoms with Crippen molar-refractivity contribution in [3.8, 4) is 5.75 Å². The number of methoxy groups -OCH3 is 1. The number of ether oxygens (including phenoxy) is 2. The summed E-state index contributed by atoms with van der Waals surface area (Å²) in [4.78, 5) is 13.0. The lowest BCUT2D eigenvalue weighted by molar-refractivity contribution is 0.0473. The molecule has 6 heteroatoms. The number of anilines is 1. The Morgan fingerprint density at radius 2 is 2.26 bits per heavy atom. The van der Waals surface area contributed by atoms with Crippen molar-refractivity contribution in [2.45, 2.75) is 6.61 Å². The minimum Gasteiger partial charge on any atom is -0.496 e. The van der Waals surface area contributed by atoms with E-state index in [2.05, 4.69) is 0 Å². The first-order chi connectivity index (χ1) is 9.11. The van der Waals surface area contributed by atoms with Crippen LogP contribution in [0.3, 0.4) is 0 Å². The molecule has 0 saturated carbocycles. The molecule has 0 radical (unpaired) electrons. The van der Waals surface area contributed by atoms with E-state index in [4.69, 9.17) is 26.8 Å². The van der Waals surface area contributed by atoms with E-state index in [1.807, 2.05) is 17.5 Å². The number of hydrogen-bond donors (Lipinski definition) is 1. The minimum absolute atomic E-state index is 0.224. The molecule has 0 saturated heterocycles. The predicted molar refractivity (Wildman–Crippen MR) is 75.9 cm³/mol. The van der Waals surface area contributed by atoms with E-state index in [1.165, 1.54) is 30.6 Å². The summed E-state index contributed by atoms with van der Waals surface area (Å²) in [5, 5.41) is 2.22. The van der Waals surface area contributed by atoms with Crippen LogP contribution in [0.4, 0.5) is 5.69 Å². The number of esters is 1. The molecule has 0 aliphatic rings. The van der Waals surface area contributed by atoms with Crippen LogP contribution in [0, 0.1) is 0 Å². The molecular weight excluding hydrogens is 286 g/mol. The molecule has 2 N–H and O–H groups in total. The Bertz CT molecular complexity index is 584. The largest absolute Gasteiger partial charge is 0.496 e. The molecular formula is C13H12ClNO3S. The monoisotopic (exact) mass is 297 g/mol. The van der Waals surface area contributed by atoms with Crippen molar-refractivity contribution in [2.75, 3.05) is 12.8 Å². The lowest BCUT2D eigenvalue weighted by atomic mass is 10.2. The van der Waals surface area contributed by atoms with E-state index in [-0.39, 0.29) is 12.2 Å². The van der Waals surface area contributed by atoms with Gasteiger partial charge in [-0.25, -0.2) is 4.79 Å². The summed E-state index contributed by atoms with van der Waals surface area (Å²) in [7, 11) is 1.46. The lowest BCUT2D eigenvalue weighted by Gasteiger charge is -2.10. The molecule has 2 rings (SSSR count). The van der Waals surface area contributed by atoms with Crippen LogP contribution in [0.5, 0.6) is 5.75 Å². The van der Waals surface area contributed by atoms with Crippen LogP contribution in [-0.4, -0.2) is 13.1 Å². The summed E-state index contributed by atoms with van der Waals surface area (Å²) in [5.74, 6) is -0.148. The van der Waals surface area contributed by atoms with E-state index < -0.39 is 5.97 Å². The van der Waals surface area contributed by atoms with Crippen molar-refractivity contribution in [3.63, 3.8) is 0 Å². The van der Waals surface area contributed by atoms with Gasteiger partial charge in [0, 0.05) is 10.9 Å². The number of nitrogens with two attached hydrogens (primary N) is 1. The van der Waals surface area contributed by atoms with Gasteiger partial charge in [0.05, 0.1) is 17.8 Å². The molecule has 1 aromatic heterocycles. The van der Waals surface area contributed by atoms with Crippen LogP contribution in [0.1, 0.15) is 15.2 Å². The highest BCUT2D eigenvalue weighted by Gasteiger charge is 2.16. The maximum absolute atomic E-state index is 12.0. The highest BCUT2D eigenvalue weighted by molar-refractivity contribution is 7.09. The average Bonchev–Trinajstić information content (AvgIpc) is 2.91. The number of benzene rings is 1. The molecule has 2 aromatic rings.